The van der Waals surface area contributed by atoms with Gasteiger partial charge in [-0.2, -0.15) is 0 Å². The largest absolute Gasteiger partial charge is 0.472 e. The second-order valence-corrected chi connectivity index (χ2v) is 15.7. The van der Waals surface area contributed by atoms with Gasteiger partial charge in [0.25, 0.3) is 0 Å². The fourth-order valence-corrected chi connectivity index (χ4v) is 6.75. The Morgan fingerprint density at radius 3 is 1.39 bits per heavy atom. The molecule has 3 N–H and O–H groups in total. The Hall–Kier alpha value is -1.25. The number of hydrogen-bond acceptors (Lipinski definition) is 8. The number of carbonyl (C=O) groups is 2. The minimum absolute atomic E-state index is 0.0559. The molecule has 2 atom stereocenters. The molecule has 0 aliphatic rings. The Morgan fingerprint density at radius 2 is 0.961 bits per heavy atom. The SMILES string of the molecule is CCCCCCCCC=CCCCCCCCCCCCC(=O)OC[C@H](COP(=O)(O)OCCN)OC(=O)CCCCCCCCCCCCC. The molecule has 0 fully saturated rings. The van der Waals surface area contributed by atoms with E-state index in [0.29, 0.717) is 6.42 Å². The minimum atomic E-state index is -4.37. The number of allylic oxidation sites excluding steroid dienone is 2. The van der Waals surface area contributed by atoms with E-state index in [1.165, 1.54) is 141 Å². The van der Waals surface area contributed by atoms with E-state index in [1.54, 1.807) is 0 Å². The average molecular weight is 746 g/mol. The van der Waals surface area contributed by atoms with E-state index in [9.17, 15) is 19.0 Å². The van der Waals surface area contributed by atoms with Gasteiger partial charge in [0, 0.05) is 19.4 Å². The highest BCUT2D eigenvalue weighted by Crippen LogP contribution is 2.43. The molecule has 0 aromatic rings. The van der Waals surface area contributed by atoms with Crippen LogP contribution in [0.5, 0.6) is 0 Å². The number of carbonyl (C=O) groups excluding carboxylic acids is 2. The van der Waals surface area contributed by atoms with Crippen molar-refractivity contribution in [2.24, 2.45) is 5.73 Å². The fourth-order valence-electron chi connectivity index (χ4n) is 5.98. The zero-order chi connectivity index (χ0) is 37.5. The molecule has 0 saturated carbocycles. The van der Waals surface area contributed by atoms with Crippen LogP contribution in [0.4, 0.5) is 0 Å². The molecular weight excluding hydrogens is 665 g/mol. The third kappa shape index (κ3) is 38.3. The Kier molecular flexibility index (Phi) is 37.5. The monoisotopic (exact) mass is 746 g/mol. The maximum Gasteiger partial charge on any atom is 0.472 e. The fraction of sp³-hybridized carbons (Fsp3) is 0.902. The van der Waals surface area contributed by atoms with E-state index in [4.69, 9.17) is 24.3 Å². The van der Waals surface area contributed by atoms with E-state index < -0.39 is 26.5 Å². The molecule has 0 amide bonds. The van der Waals surface area contributed by atoms with E-state index >= 15 is 0 Å². The molecule has 0 aromatic heterocycles. The lowest BCUT2D eigenvalue weighted by molar-refractivity contribution is -0.161. The summed E-state index contributed by atoms with van der Waals surface area (Å²) in [4.78, 5) is 34.8. The molecule has 1 unspecified atom stereocenters. The third-order valence-corrected chi connectivity index (χ3v) is 10.1. The smallest absolute Gasteiger partial charge is 0.462 e. The zero-order valence-electron chi connectivity index (χ0n) is 33.1. The van der Waals surface area contributed by atoms with Crippen LogP contribution in [0.15, 0.2) is 12.2 Å². The predicted octanol–water partition coefficient (Wildman–Crippen LogP) is 11.8. The van der Waals surface area contributed by atoms with Crippen molar-refractivity contribution in [2.75, 3.05) is 26.4 Å². The molecule has 0 radical (unpaired) electrons. The Bertz CT molecular complexity index is 856. The van der Waals surface area contributed by atoms with Crippen LogP contribution in [0.25, 0.3) is 0 Å². The molecular formula is C41H80NO8P. The molecule has 0 aliphatic heterocycles. The number of rotatable bonds is 40. The van der Waals surface area contributed by atoms with Crippen LogP contribution >= 0.6 is 7.82 Å². The zero-order valence-corrected chi connectivity index (χ0v) is 34.0. The molecule has 9 nitrogen and oxygen atoms in total. The molecule has 0 aliphatic carbocycles. The summed E-state index contributed by atoms with van der Waals surface area (Å²) in [6, 6.07) is 0. The predicted molar refractivity (Wildman–Crippen MR) is 211 cm³/mol. The Labute approximate surface area is 313 Å². The average Bonchev–Trinajstić information content (AvgIpc) is 3.11. The summed E-state index contributed by atoms with van der Waals surface area (Å²) in [6.45, 7) is 3.73. The molecule has 302 valence electrons. The van der Waals surface area contributed by atoms with Gasteiger partial charge in [0.15, 0.2) is 6.10 Å². The summed E-state index contributed by atoms with van der Waals surface area (Å²) in [5.41, 5.74) is 5.34. The summed E-state index contributed by atoms with van der Waals surface area (Å²) < 4.78 is 32.7. The highest BCUT2D eigenvalue weighted by molar-refractivity contribution is 7.47. The van der Waals surface area contributed by atoms with Crippen LogP contribution in [0.2, 0.25) is 0 Å². The van der Waals surface area contributed by atoms with Crippen molar-refractivity contribution >= 4 is 19.8 Å². The Balaban J connectivity index is 4.08. The highest BCUT2D eigenvalue weighted by atomic mass is 31.2. The summed E-state index contributed by atoms with van der Waals surface area (Å²) in [6.07, 6.45) is 38.1. The normalized spacial score (nSPS) is 13.4. The summed E-state index contributed by atoms with van der Waals surface area (Å²) >= 11 is 0. The van der Waals surface area contributed by atoms with Gasteiger partial charge in [-0.25, -0.2) is 4.57 Å². The van der Waals surface area contributed by atoms with Crippen molar-refractivity contribution in [1.82, 2.24) is 0 Å². The lowest BCUT2D eigenvalue weighted by Crippen LogP contribution is -2.29. The van der Waals surface area contributed by atoms with Crippen molar-refractivity contribution in [2.45, 2.75) is 213 Å². The van der Waals surface area contributed by atoms with Gasteiger partial charge >= 0.3 is 19.8 Å². The molecule has 0 saturated heterocycles. The second-order valence-electron chi connectivity index (χ2n) is 14.2. The van der Waals surface area contributed by atoms with Crippen molar-refractivity contribution < 1.29 is 37.6 Å². The first-order chi connectivity index (χ1) is 24.8. The molecule has 0 heterocycles. The number of esters is 2. The van der Waals surface area contributed by atoms with Crippen molar-refractivity contribution in [3.05, 3.63) is 12.2 Å². The van der Waals surface area contributed by atoms with Crippen LogP contribution in [-0.4, -0.2) is 49.3 Å². The first-order valence-electron chi connectivity index (χ1n) is 21.2. The van der Waals surface area contributed by atoms with E-state index in [1.807, 2.05) is 0 Å². The van der Waals surface area contributed by atoms with E-state index in [0.717, 1.165) is 32.1 Å². The number of nitrogens with two attached hydrogens (primary N) is 1. The van der Waals surface area contributed by atoms with Gasteiger partial charge in [-0.05, 0) is 38.5 Å². The van der Waals surface area contributed by atoms with Gasteiger partial charge in [0.2, 0.25) is 0 Å². The number of unbranched alkanes of at least 4 members (excludes halogenated alkanes) is 25. The number of phosphoric ester groups is 1. The lowest BCUT2D eigenvalue weighted by atomic mass is 10.1. The van der Waals surface area contributed by atoms with Crippen LogP contribution in [-0.2, 0) is 32.7 Å². The van der Waals surface area contributed by atoms with Crippen LogP contribution in [0.3, 0.4) is 0 Å². The van der Waals surface area contributed by atoms with E-state index in [2.05, 4.69) is 26.0 Å². The molecule has 0 rings (SSSR count). The van der Waals surface area contributed by atoms with Crippen molar-refractivity contribution in [3.63, 3.8) is 0 Å². The van der Waals surface area contributed by atoms with Crippen LogP contribution in [0, 0.1) is 0 Å². The van der Waals surface area contributed by atoms with Crippen LogP contribution < -0.4 is 5.73 Å². The molecule has 0 bridgehead atoms. The molecule has 51 heavy (non-hydrogen) atoms. The summed E-state index contributed by atoms with van der Waals surface area (Å²) in [5.74, 6) is -0.823. The van der Waals surface area contributed by atoms with Gasteiger partial charge in [0.1, 0.15) is 6.61 Å². The molecule has 0 spiro atoms. The van der Waals surface area contributed by atoms with Gasteiger partial charge in [-0.1, -0.05) is 167 Å². The number of phosphoric acid groups is 1. The summed E-state index contributed by atoms with van der Waals surface area (Å²) in [7, 11) is -4.37. The first kappa shape index (κ1) is 49.8. The van der Waals surface area contributed by atoms with Gasteiger partial charge in [-0.3, -0.25) is 18.6 Å². The molecule has 10 heteroatoms. The highest BCUT2D eigenvalue weighted by Gasteiger charge is 2.26. The summed E-state index contributed by atoms with van der Waals surface area (Å²) in [5, 5.41) is 0. The second kappa shape index (κ2) is 38.5. The number of ether oxygens (including phenoxy) is 2. The molecule has 0 aromatic carbocycles. The van der Waals surface area contributed by atoms with Gasteiger partial charge in [-0.15, -0.1) is 0 Å². The van der Waals surface area contributed by atoms with Crippen molar-refractivity contribution in [1.29, 1.82) is 0 Å². The quantitative estimate of drug-likeness (QED) is 0.0272. The maximum absolute atomic E-state index is 12.5. The first-order valence-corrected chi connectivity index (χ1v) is 22.7. The van der Waals surface area contributed by atoms with Gasteiger partial charge < -0.3 is 20.1 Å². The standard InChI is InChI=1S/C41H80NO8P/c1-3-5-7-9-11-13-15-16-17-18-19-20-21-22-24-25-27-29-31-33-40(43)47-37-39(38-49-51(45,46)48-36-35-42)50-41(44)34-32-30-28-26-23-14-12-10-8-6-4-2/h16-17,39H,3-15,18-38,42H2,1-2H3,(H,45,46)/t39-/m1/s1. The van der Waals surface area contributed by atoms with Gasteiger partial charge in [0.05, 0.1) is 13.2 Å². The van der Waals surface area contributed by atoms with Crippen molar-refractivity contribution in [3.8, 4) is 0 Å². The third-order valence-electron chi connectivity index (χ3n) is 9.15. The Morgan fingerprint density at radius 1 is 0.569 bits per heavy atom. The maximum atomic E-state index is 12.5. The number of hydrogen-bond donors (Lipinski definition) is 2. The topological polar surface area (TPSA) is 134 Å². The van der Waals surface area contributed by atoms with E-state index in [-0.39, 0.29) is 38.6 Å². The minimum Gasteiger partial charge on any atom is -0.462 e. The van der Waals surface area contributed by atoms with Crippen LogP contribution in [0.1, 0.15) is 206 Å². The lowest BCUT2D eigenvalue weighted by Gasteiger charge is -2.19.